The lowest BCUT2D eigenvalue weighted by Gasteiger charge is -2.12. The second kappa shape index (κ2) is 5.13. The summed E-state index contributed by atoms with van der Waals surface area (Å²) in [7, 11) is 0. The van der Waals surface area contributed by atoms with Gasteiger partial charge in [-0.05, 0) is 41.4 Å². The molecule has 0 aliphatic carbocycles. The molecule has 0 atom stereocenters. The third-order valence-electron chi connectivity index (χ3n) is 3.06. The van der Waals surface area contributed by atoms with Crippen molar-refractivity contribution in [3.05, 3.63) is 66.1 Å². The van der Waals surface area contributed by atoms with Crippen molar-refractivity contribution < 1.29 is 4.39 Å². The topological polar surface area (TPSA) is 54.9 Å². The molecule has 0 bridgehead atoms. The van der Waals surface area contributed by atoms with Crippen molar-refractivity contribution in [3.63, 3.8) is 0 Å². The molecule has 1 heterocycles. The molecule has 0 saturated heterocycles. The molecule has 4 nitrogen and oxygen atoms in total. The van der Waals surface area contributed by atoms with Gasteiger partial charge in [-0.1, -0.05) is 12.1 Å². The molecule has 6 heteroatoms. The van der Waals surface area contributed by atoms with E-state index >= 15 is 0 Å². The Hall–Kier alpha value is -1.69. The highest BCUT2D eigenvalue weighted by atomic mass is 79.9. The minimum absolute atomic E-state index is 0.0819. The smallest absolute Gasteiger partial charge is 0.292 e. The van der Waals surface area contributed by atoms with E-state index in [0.29, 0.717) is 11.3 Å². The highest BCUT2D eigenvalue weighted by Gasteiger charge is 2.12. The maximum atomic E-state index is 13.8. The van der Waals surface area contributed by atoms with Gasteiger partial charge in [-0.2, -0.15) is 0 Å². The SMILES string of the molecule is Cc1cccc(F)c1Cn1c(C)c(Br)c(=O)[nH]c1=O. The monoisotopic (exact) mass is 326 g/mol. The third kappa shape index (κ3) is 2.53. The number of hydrogen-bond donors (Lipinski definition) is 1. The van der Waals surface area contributed by atoms with Gasteiger partial charge in [0.15, 0.2) is 0 Å². The molecule has 0 saturated carbocycles. The highest BCUT2D eigenvalue weighted by Crippen LogP contribution is 2.15. The Morgan fingerprint density at radius 2 is 2.00 bits per heavy atom. The molecule has 100 valence electrons. The molecule has 1 N–H and O–H groups in total. The van der Waals surface area contributed by atoms with Crippen LogP contribution in [0.2, 0.25) is 0 Å². The van der Waals surface area contributed by atoms with Gasteiger partial charge in [-0.15, -0.1) is 0 Å². The first-order valence-electron chi connectivity index (χ1n) is 5.65. The van der Waals surface area contributed by atoms with Gasteiger partial charge in [0.05, 0.1) is 6.54 Å². The second-order valence-electron chi connectivity index (χ2n) is 4.28. The number of benzene rings is 1. The van der Waals surface area contributed by atoms with Gasteiger partial charge in [0.1, 0.15) is 10.3 Å². The van der Waals surface area contributed by atoms with Crippen molar-refractivity contribution >= 4 is 15.9 Å². The zero-order valence-electron chi connectivity index (χ0n) is 10.5. The summed E-state index contributed by atoms with van der Waals surface area (Å²) in [5, 5.41) is 0. The number of aromatic amines is 1. The molecule has 0 aliphatic rings. The van der Waals surface area contributed by atoms with E-state index in [9.17, 15) is 14.0 Å². The molecule has 2 aromatic rings. The molecule has 0 fully saturated rings. The predicted molar refractivity (Wildman–Crippen MR) is 74.0 cm³/mol. The van der Waals surface area contributed by atoms with Gasteiger partial charge in [0.2, 0.25) is 0 Å². The normalized spacial score (nSPS) is 10.7. The summed E-state index contributed by atoms with van der Waals surface area (Å²) >= 11 is 3.12. The van der Waals surface area contributed by atoms with E-state index < -0.39 is 11.2 Å². The fourth-order valence-electron chi connectivity index (χ4n) is 1.87. The van der Waals surface area contributed by atoms with Crippen LogP contribution in [-0.4, -0.2) is 9.55 Å². The minimum Gasteiger partial charge on any atom is -0.292 e. The van der Waals surface area contributed by atoms with Gasteiger partial charge >= 0.3 is 5.69 Å². The van der Waals surface area contributed by atoms with Crippen molar-refractivity contribution in [2.75, 3.05) is 0 Å². The standard InChI is InChI=1S/C13H12BrFN2O2/c1-7-4-3-5-10(15)9(7)6-17-8(2)11(14)12(18)16-13(17)19/h3-5H,6H2,1-2H3,(H,16,18,19). The summed E-state index contributed by atoms with van der Waals surface area (Å²) in [5.41, 5.74) is 0.633. The van der Waals surface area contributed by atoms with Crippen molar-refractivity contribution in [1.29, 1.82) is 0 Å². The molecular formula is C13H12BrFN2O2. The first kappa shape index (κ1) is 13.7. The zero-order valence-corrected chi connectivity index (χ0v) is 12.0. The van der Waals surface area contributed by atoms with Gasteiger partial charge in [0.25, 0.3) is 5.56 Å². The van der Waals surface area contributed by atoms with E-state index in [-0.39, 0.29) is 16.8 Å². The summed E-state index contributed by atoms with van der Waals surface area (Å²) < 4.78 is 15.4. The van der Waals surface area contributed by atoms with Gasteiger partial charge < -0.3 is 0 Å². The lowest BCUT2D eigenvalue weighted by Crippen LogP contribution is -2.33. The Kier molecular flexibility index (Phi) is 3.71. The third-order valence-corrected chi connectivity index (χ3v) is 3.99. The number of aromatic nitrogens is 2. The fourth-order valence-corrected chi connectivity index (χ4v) is 2.18. The van der Waals surface area contributed by atoms with E-state index in [2.05, 4.69) is 20.9 Å². The van der Waals surface area contributed by atoms with Crippen LogP contribution in [0.4, 0.5) is 4.39 Å². The highest BCUT2D eigenvalue weighted by molar-refractivity contribution is 9.10. The molecule has 0 radical (unpaired) electrons. The van der Waals surface area contributed by atoms with Crippen molar-refractivity contribution in [2.24, 2.45) is 0 Å². The van der Waals surface area contributed by atoms with Gasteiger partial charge in [-0.3, -0.25) is 14.3 Å². The van der Waals surface area contributed by atoms with Crippen LogP contribution >= 0.6 is 15.9 Å². The molecule has 1 aromatic carbocycles. The summed E-state index contributed by atoms with van der Waals surface area (Å²) in [6, 6.07) is 4.75. The average molecular weight is 327 g/mol. The van der Waals surface area contributed by atoms with Crippen LogP contribution in [0.3, 0.4) is 0 Å². The molecule has 2 rings (SSSR count). The largest absolute Gasteiger partial charge is 0.328 e. The molecule has 0 aliphatic heterocycles. The maximum absolute atomic E-state index is 13.8. The van der Waals surface area contributed by atoms with E-state index in [0.717, 1.165) is 5.56 Å². The Balaban J connectivity index is 2.60. The molecule has 19 heavy (non-hydrogen) atoms. The van der Waals surface area contributed by atoms with Crippen molar-refractivity contribution in [3.8, 4) is 0 Å². The Bertz CT molecular complexity index is 729. The molecular weight excluding hydrogens is 315 g/mol. The summed E-state index contributed by atoms with van der Waals surface area (Å²) in [5.74, 6) is -0.367. The van der Waals surface area contributed by atoms with Crippen LogP contribution in [0, 0.1) is 19.7 Å². The van der Waals surface area contributed by atoms with Crippen molar-refractivity contribution in [1.82, 2.24) is 9.55 Å². The number of nitrogens with one attached hydrogen (secondary N) is 1. The van der Waals surface area contributed by atoms with E-state index in [4.69, 9.17) is 0 Å². The average Bonchev–Trinajstić information content (AvgIpc) is 2.35. The number of nitrogens with zero attached hydrogens (tertiary/aromatic N) is 1. The van der Waals surface area contributed by atoms with Crippen LogP contribution in [0.25, 0.3) is 0 Å². The van der Waals surface area contributed by atoms with Gasteiger partial charge in [0, 0.05) is 11.3 Å². The first-order valence-corrected chi connectivity index (χ1v) is 6.44. The molecule has 0 unspecified atom stereocenters. The quantitative estimate of drug-likeness (QED) is 0.918. The minimum atomic E-state index is -0.548. The number of halogens is 2. The first-order chi connectivity index (χ1) is 8.91. The summed E-state index contributed by atoms with van der Waals surface area (Å²) in [6.45, 7) is 3.50. The lowest BCUT2D eigenvalue weighted by molar-refractivity contribution is 0.585. The Morgan fingerprint density at radius 1 is 1.32 bits per heavy atom. The summed E-state index contributed by atoms with van der Waals surface area (Å²) in [4.78, 5) is 25.4. The Morgan fingerprint density at radius 3 is 2.63 bits per heavy atom. The number of aryl methyl sites for hydroxylation is 1. The molecule has 0 amide bonds. The number of rotatable bonds is 2. The van der Waals surface area contributed by atoms with Crippen LogP contribution in [0.1, 0.15) is 16.8 Å². The number of hydrogen-bond acceptors (Lipinski definition) is 2. The fraction of sp³-hybridized carbons (Fsp3) is 0.231. The van der Waals surface area contributed by atoms with Crippen LogP contribution < -0.4 is 11.2 Å². The zero-order chi connectivity index (χ0) is 14.2. The second-order valence-corrected chi connectivity index (χ2v) is 5.07. The predicted octanol–water partition coefficient (Wildman–Crippen LogP) is 2.10. The molecule has 1 aromatic heterocycles. The maximum Gasteiger partial charge on any atom is 0.328 e. The number of H-pyrrole nitrogens is 1. The van der Waals surface area contributed by atoms with Gasteiger partial charge in [-0.25, -0.2) is 9.18 Å². The van der Waals surface area contributed by atoms with E-state index in [1.807, 2.05) is 0 Å². The summed E-state index contributed by atoms with van der Waals surface area (Å²) in [6.07, 6.45) is 0. The van der Waals surface area contributed by atoms with Crippen LogP contribution in [0.5, 0.6) is 0 Å². The Labute approximate surface area is 117 Å². The van der Waals surface area contributed by atoms with E-state index in [1.165, 1.54) is 10.6 Å². The van der Waals surface area contributed by atoms with E-state index in [1.54, 1.807) is 26.0 Å². The van der Waals surface area contributed by atoms with Crippen LogP contribution in [-0.2, 0) is 6.54 Å². The van der Waals surface area contributed by atoms with Crippen molar-refractivity contribution in [2.45, 2.75) is 20.4 Å². The van der Waals surface area contributed by atoms with Crippen LogP contribution in [0.15, 0.2) is 32.3 Å². The lowest BCUT2D eigenvalue weighted by atomic mass is 10.1. The molecule has 0 spiro atoms.